The fourth-order valence-electron chi connectivity index (χ4n) is 13.8. The quantitative estimate of drug-likeness (QED) is 0.166. The van der Waals surface area contributed by atoms with Crippen LogP contribution < -0.4 is 9.80 Å². The van der Waals surface area contributed by atoms with Crippen LogP contribution in [0.1, 0.15) is 49.9 Å². The molecule has 0 bridgehead atoms. The van der Waals surface area contributed by atoms with Gasteiger partial charge in [0.05, 0.1) is 56.7 Å². The summed E-state index contributed by atoms with van der Waals surface area (Å²) >= 11 is 0. The molecule has 3 aromatic heterocycles. The third-order valence-electron chi connectivity index (χ3n) is 17.7. The van der Waals surface area contributed by atoms with Crippen LogP contribution in [0, 0.1) is 0 Å². The Morgan fingerprint density at radius 3 is 1.18 bits per heavy atom. The van der Waals surface area contributed by atoms with E-state index in [0.717, 1.165) is 61.3 Å². The Hall–Kier alpha value is -9.97. The maximum absolute atomic E-state index is 5.58. The summed E-state index contributed by atoms with van der Waals surface area (Å²) in [5, 5.41) is 7.01. The molecule has 5 nitrogen and oxygen atoms in total. The van der Waals surface area contributed by atoms with E-state index in [1.165, 1.54) is 83.2 Å². The second kappa shape index (κ2) is 17.3. The molecule has 0 unspecified atom stereocenters. The van der Waals surface area contributed by atoms with Crippen LogP contribution in [-0.4, -0.2) is 14.1 Å². The zero-order valence-corrected chi connectivity index (χ0v) is 45.1. The molecule has 2 aliphatic rings. The fourth-order valence-corrected chi connectivity index (χ4v) is 13.8. The van der Waals surface area contributed by atoms with Crippen molar-refractivity contribution in [1.29, 1.82) is 0 Å². The molecule has 0 saturated carbocycles. The van der Waals surface area contributed by atoms with Gasteiger partial charge in [0.15, 0.2) is 0 Å². The van der Waals surface area contributed by atoms with Crippen molar-refractivity contribution in [2.45, 2.75) is 38.5 Å². The normalized spacial score (nSPS) is 14.2. The summed E-state index contributed by atoms with van der Waals surface area (Å²) in [5.74, 6) is 0.902. The highest BCUT2D eigenvalue weighted by Crippen LogP contribution is 2.55. The number of aromatic nitrogens is 3. The standard InChI is InChI=1S/C75H55N5/c1-74(2)60-29-15-19-33-66(60)77(52-21-7-5-8-22-52)68-41-37-48(43-62(68)74)50-35-39-57-54-25-13-17-31-64(54)79(70(57)45-50)72-47-76-73(59-28-12-11-27-56(59)72)80-65-32-18-14-26-55(65)58-40-36-51(46-71(58)80)49-38-42-69-63(44-49)75(3,4)61-30-16-20-34-67(61)78(69)53-23-9-6-10-24-53/h5-47H,1-4H3. The average Bonchev–Trinajstić information content (AvgIpc) is 4.10. The topological polar surface area (TPSA) is 29.2 Å². The van der Waals surface area contributed by atoms with Crippen molar-refractivity contribution in [1.82, 2.24) is 14.1 Å². The lowest BCUT2D eigenvalue weighted by Crippen LogP contribution is -2.30. The Kier molecular flexibility index (Phi) is 9.96. The molecule has 0 N–H and O–H groups in total. The highest BCUT2D eigenvalue weighted by atomic mass is 15.2. The summed E-state index contributed by atoms with van der Waals surface area (Å²) in [5.41, 5.74) is 22.2. The van der Waals surface area contributed by atoms with Gasteiger partial charge < -0.3 is 14.4 Å². The van der Waals surface area contributed by atoms with E-state index >= 15 is 0 Å². The minimum Gasteiger partial charge on any atom is -0.310 e. The number of para-hydroxylation sites is 6. The van der Waals surface area contributed by atoms with Crippen molar-refractivity contribution < 1.29 is 0 Å². The lowest BCUT2D eigenvalue weighted by Gasteiger charge is -2.42. The number of nitrogens with zero attached hydrogens (tertiary/aromatic N) is 5. The van der Waals surface area contributed by atoms with Gasteiger partial charge in [0.25, 0.3) is 0 Å². The Morgan fingerprint density at radius 1 is 0.275 bits per heavy atom. The molecule has 14 aromatic rings. The summed E-state index contributed by atoms with van der Waals surface area (Å²) in [6, 6.07) is 93.9. The van der Waals surface area contributed by atoms with E-state index in [2.05, 4.69) is 308 Å². The SMILES string of the molecule is CC1(C)c2ccccc2N(c2ccccc2)c2ccc(-c3ccc4c5ccccc5n(-c5cnc(-n6c7ccccc7c7ccc(-c8ccc9c(c8)C(C)(C)c8ccccc8N9c8ccccc8)cc76)c6ccccc56)c4c3)cc21. The first-order valence-electron chi connectivity index (χ1n) is 27.9. The Morgan fingerprint density at radius 2 is 0.650 bits per heavy atom. The fraction of sp³-hybridized carbons (Fsp3) is 0.0800. The number of hydrogen-bond donors (Lipinski definition) is 0. The number of rotatable bonds is 6. The lowest BCUT2D eigenvalue weighted by molar-refractivity contribution is 0.632. The molecule has 5 heterocycles. The summed E-state index contributed by atoms with van der Waals surface area (Å²) in [7, 11) is 0. The molecule has 80 heavy (non-hydrogen) atoms. The maximum Gasteiger partial charge on any atom is 0.145 e. The molecule has 0 atom stereocenters. The van der Waals surface area contributed by atoms with Gasteiger partial charge >= 0.3 is 0 Å². The van der Waals surface area contributed by atoms with Crippen LogP contribution in [0.15, 0.2) is 261 Å². The molecule has 5 heteroatoms. The molecule has 0 spiro atoms. The Balaban J connectivity index is 0.849. The van der Waals surface area contributed by atoms with E-state index in [9.17, 15) is 0 Å². The third-order valence-corrected chi connectivity index (χ3v) is 17.7. The van der Waals surface area contributed by atoms with Crippen LogP contribution >= 0.6 is 0 Å². The predicted octanol–water partition coefficient (Wildman–Crippen LogP) is 20.0. The lowest BCUT2D eigenvalue weighted by atomic mass is 9.73. The second-order valence-corrected chi connectivity index (χ2v) is 22.8. The molecule has 11 aromatic carbocycles. The van der Waals surface area contributed by atoms with Gasteiger partial charge in [-0.3, -0.25) is 4.57 Å². The molecule has 380 valence electrons. The summed E-state index contributed by atoms with van der Waals surface area (Å²) in [6.45, 7) is 9.47. The number of hydrogen-bond acceptors (Lipinski definition) is 3. The van der Waals surface area contributed by atoms with E-state index in [-0.39, 0.29) is 10.8 Å². The molecule has 0 saturated heterocycles. The van der Waals surface area contributed by atoms with Crippen LogP contribution in [0.3, 0.4) is 0 Å². The first kappa shape index (κ1) is 46.2. The zero-order chi connectivity index (χ0) is 53.4. The van der Waals surface area contributed by atoms with E-state index in [1.54, 1.807) is 0 Å². The molecule has 2 aliphatic heterocycles. The van der Waals surface area contributed by atoms with Gasteiger partial charge in [-0.2, -0.15) is 0 Å². The van der Waals surface area contributed by atoms with Crippen molar-refractivity contribution in [3.8, 4) is 33.8 Å². The second-order valence-electron chi connectivity index (χ2n) is 22.8. The van der Waals surface area contributed by atoms with Crippen LogP contribution in [0.4, 0.5) is 34.1 Å². The Bertz CT molecular complexity index is 4540. The first-order valence-corrected chi connectivity index (χ1v) is 27.9. The van der Waals surface area contributed by atoms with Gasteiger partial charge in [-0.15, -0.1) is 0 Å². The predicted molar refractivity (Wildman–Crippen MR) is 335 cm³/mol. The molecular weight excluding hydrogens is 971 g/mol. The van der Waals surface area contributed by atoms with Crippen molar-refractivity contribution in [3.63, 3.8) is 0 Å². The largest absolute Gasteiger partial charge is 0.310 e. The molecular formula is C75H55N5. The van der Waals surface area contributed by atoms with E-state index in [1.807, 2.05) is 0 Å². The Labute approximate surface area is 465 Å². The van der Waals surface area contributed by atoms with Gasteiger partial charge in [0, 0.05) is 54.5 Å². The summed E-state index contributed by atoms with van der Waals surface area (Å²) in [4.78, 5) is 10.4. The van der Waals surface area contributed by atoms with Crippen LogP contribution in [0.2, 0.25) is 0 Å². The van der Waals surface area contributed by atoms with Crippen LogP contribution in [0.5, 0.6) is 0 Å². The van der Waals surface area contributed by atoms with Crippen LogP contribution in [0.25, 0.3) is 88.1 Å². The van der Waals surface area contributed by atoms with Gasteiger partial charge in [0.2, 0.25) is 0 Å². The van der Waals surface area contributed by atoms with Gasteiger partial charge in [-0.25, -0.2) is 4.98 Å². The van der Waals surface area contributed by atoms with Crippen molar-refractivity contribution in [3.05, 3.63) is 283 Å². The minimum atomic E-state index is -0.230. The highest BCUT2D eigenvalue weighted by Gasteiger charge is 2.39. The first-order chi connectivity index (χ1) is 39.2. The molecule has 0 radical (unpaired) electrons. The highest BCUT2D eigenvalue weighted by molar-refractivity contribution is 6.14. The summed E-state index contributed by atoms with van der Waals surface area (Å²) < 4.78 is 4.84. The average molecular weight is 1030 g/mol. The van der Waals surface area contributed by atoms with Gasteiger partial charge in [-0.1, -0.05) is 198 Å². The van der Waals surface area contributed by atoms with Gasteiger partial charge in [0.1, 0.15) is 5.82 Å². The number of fused-ring (bicyclic) bond motifs is 11. The smallest absolute Gasteiger partial charge is 0.145 e. The molecule has 0 amide bonds. The van der Waals surface area contributed by atoms with E-state index in [0.29, 0.717) is 0 Å². The maximum atomic E-state index is 5.58. The summed E-state index contributed by atoms with van der Waals surface area (Å²) in [6.07, 6.45) is 2.11. The van der Waals surface area contributed by atoms with Crippen molar-refractivity contribution in [2.24, 2.45) is 0 Å². The zero-order valence-electron chi connectivity index (χ0n) is 45.1. The molecule has 0 fully saturated rings. The molecule has 16 rings (SSSR count). The number of benzene rings is 11. The third kappa shape index (κ3) is 6.67. The number of pyridine rings is 1. The monoisotopic (exact) mass is 1030 g/mol. The number of anilines is 6. The van der Waals surface area contributed by atoms with E-state index in [4.69, 9.17) is 4.98 Å². The van der Waals surface area contributed by atoms with Crippen LogP contribution in [-0.2, 0) is 10.8 Å². The van der Waals surface area contributed by atoms with E-state index < -0.39 is 0 Å². The molecule has 0 aliphatic carbocycles. The van der Waals surface area contributed by atoms with Crippen molar-refractivity contribution >= 4 is 88.5 Å². The van der Waals surface area contributed by atoms with Crippen molar-refractivity contribution in [2.75, 3.05) is 9.80 Å². The van der Waals surface area contributed by atoms with Gasteiger partial charge in [-0.05, 0) is 129 Å². The minimum absolute atomic E-state index is 0.229.